The van der Waals surface area contributed by atoms with Gasteiger partial charge in [-0.15, -0.1) is 0 Å². The molecule has 0 radical (unpaired) electrons. The number of ether oxygens (including phenoxy) is 1. The van der Waals surface area contributed by atoms with Gasteiger partial charge in [0.25, 0.3) is 0 Å². The molecule has 0 amide bonds. The molecule has 0 saturated carbocycles. The molecule has 50 valence electrons. The topological polar surface area (TPSA) is 23.2 Å². The molecule has 0 spiro atoms. The zero-order chi connectivity index (χ0) is 6.81. The van der Waals surface area contributed by atoms with Gasteiger partial charge in [0.1, 0.15) is 6.61 Å². The van der Waals surface area contributed by atoms with E-state index in [2.05, 4.69) is 11.1 Å². The zero-order valence-electron chi connectivity index (χ0n) is 5.50. The molecule has 0 saturated heterocycles. The van der Waals surface area contributed by atoms with Crippen molar-refractivity contribution in [3.8, 4) is 0 Å². The zero-order valence-corrected chi connectivity index (χ0v) is 5.50. The summed E-state index contributed by atoms with van der Waals surface area (Å²) in [4.78, 5) is 3.02. The number of fused-ring (bicyclic) bond motifs is 1. The van der Waals surface area contributed by atoms with E-state index in [1.54, 1.807) is 6.40 Å². The van der Waals surface area contributed by atoms with Gasteiger partial charge in [-0.2, -0.15) is 4.99 Å². The molecule has 1 heterocycles. The second kappa shape index (κ2) is 2.14. The van der Waals surface area contributed by atoms with Crippen LogP contribution < -0.4 is 4.99 Å². The molecule has 2 rings (SSSR count). The van der Waals surface area contributed by atoms with Crippen LogP contribution in [0.25, 0.3) is 0 Å². The highest BCUT2D eigenvalue weighted by Crippen LogP contribution is 2.10. The number of nitrogens with one attached hydrogen (secondary N) is 1. The van der Waals surface area contributed by atoms with Gasteiger partial charge in [-0.3, -0.25) is 0 Å². The van der Waals surface area contributed by atoms with Crippen molar-refractivity contribution < 1.29 is 9.73 Å². The number of para-hydroxylation sites is 1. The first kappa shape index (κ1) is 5.47. The summed E-state index contributed by atoms with van der Waals surface area (Å²) in [6.45, 7) is 0.684. The molecular weight excluding hydrogens is 126 g/mol. The van der Waals surface area contributed by atoms with Crippen molar-refractivity contribution in [3.63, 3.8) is 0 Å². The molecule has 1 aliphatic heterocycles. The van der Waals surface area contributed by atoms with Crippen LogP contribution in [0, 0.1) is 0 Å². The minimum atomic E-state index is 0.684. The Bertz CT molecular complexity index is 268. The summed E-state index contributed by atoms with van der Waals surface area (Å²) in [5, 5.41) is 0. The molecule has 0 aromatic heterocycles. The maximum Gasteiger partial charge on any atom is 0.328 e. The van der Waals surface area contributed by atoms with Crippen molar-refractivity contribution in [2.24, 2.45) is 0 Å². The number of hydrogen-bond acceptors (Lipinski definition) is 1. The van der Waals surface area contributed by atoms with Crippen LogP contribution in [0.5, 0.6) is 0 Å². The van der Waals surface area contributed by atoms with E-state index in [0.29, 0.717) is 6.61 Å². The third-order valence-corrected chi connectivity index (χ3v) is 1.55. The van der Waals surface area contributed by atoms with E-state index in [9.17, 15) is 0 Å². The third-order valence-electron chi connectivity index (χ3n) is 1.55. The largest absolute Gasteiger partial charge is 0.445 e. The molecular formula is C8H8NO+. The van der Waals surface area contributed by atoms with E-state index in [1.165, 1.54) is 5.56 Å². The van der Waals surface area contributed by atoms with Crippen LogP contribution in [0.2, 0.25) is 0 Å². The Kier molecular flexibility index (Phi) is 1.17. The van der Waals surface area contributed by atoms with Gasteiger partial charge in [0, 0.05) is 6.07 Å². The van der Waals surface area contributed by atoms with Crippen LogP contribution >= 0.6 is 0 Å². The van der Waals surface area contributed by atoms with Gasteiger partial charge in [-0.25, -0.2) is 0 Å². The SMILES string of the molecule is C1=[NH+]c2ccccc2CO1. The lowest BCUT2D eigenvalue weighted by atomic mass is 10.2. The van der Waals surface area contributed by atoms with Gasteiger partial charge in [0.05, 0.1) is 5.56 Å². The molecule has 0 aliphatic carbocycles. The second-order valence-electron chi connectivity index (χ2n) is 2.23. The van der Waals surface area contributed by atoms with Crippen molar-refractivity contribution in [2.45, 2.75) is 6.61 Å². The van der Waals surface area contributed by atoms with Crippen molar-refractivity contribution in [1.82, 2.24) is 0 Å². The minimum Gasteiger partial charge on any atom is -0.445 e. The van der Waals surface area contributed by atoms with Crippen LogP contribution in [0.3, 0.4) is 0 Å². The average Bonchev–Trinajstić information content (AvgIpc) is 2.05. The normalized spacial score (nSPS) is 14.0. The van der Waals surface area contributed by atoms with Gasteiger partial charge < -0.3 is 4.74 Å². The van der Waals surface area contributed by atoms with Gasteiger partial charge >= 0.3 is 6.40 Å². The predicted molar refractivity (Wildman–Crippen MR) is 37.9 cm³/mol. The van der Waals surface area contributed by atoms with Gasteiger partial charge in [0.2, 0.25) is 5.69 Å². The number of hydrogen-bond donors (Lipinski definition) is 1. The smallest absolute Gasteiger partial charge is 0.328 e. The Labute approximate surface area is 59.2 Å². The fourth-order valence-electron chi connectivity index (χ4n) is 1.02. The van der Waals surface area contributed by atoms with E-state index in [0.717, 1.165) is 5.69 Å². The quantitative estimate of drug-likeness (QED) is 0.528. The molecule has 2 nitrogen and oxygen atoms in total. The molecule has 1 N–H and O–H groups in total. The molecule has 0 atom stereocenters. The first-order valence-corrected chi connectivity index (χ1v) is 3.24. The van der Waals surface area contributed by atoms with Gasteiger partial charge in [-0.05, 0) is 6.07 Å². The van der Waals surface area contributed by atoms with E-state index in [4.69, 9.17) is 4.74 Å². The van der Waals surface area contributed by atoms with E-state index < -0.39 is 0 Å². The highest BCUT2D eigenvalue weighted by molar-refractivity contribution is 5.48. The van der Waals surface area contributed by atoms with Crippen LogP contribution in [0.4, 0.5) is 5.69 Å². The summed E-state index contributed by atoms with van der Waals surface area (Å²) in [7, 11) is 0. The Balaban J connectivity index is 2.54. The van der Waals surface area contributed by atoms with E-state index in [-0.39, 0.29) is 0 Å². The lowest BCUT2D eigenvalue weighted by Crippen LogP contribution is -2.64. The Morgan fingerprint density at radius 1 is 1.30 bits per heavy atom. The standard InChI is InChI=1S/C8H7NO/c1-2-4-8-7(3-1)5-10-6-9-8/h1-4,6H,5H2/p+1. The number of rotatable bonds is 0. The fraction of sp³-hybridized carbons (Fsp3) is 0.125. The Morgan fingerprint density at radius 2 is 2.20 bits per heavy atom. The highest BCUT2D eigenvalue weighted by atomic mass is 16.5. The van der Waals surface area contributed by atoms with Crippen molar-refractivity contribution in [3.05, 3.63) is 29.8 Å². The van der Waals surface area contributed by atoms with Crippen molar-refractivity contribution in [1.29, 1.82) is 0 Å². The molecule has 0 bridgehead atoms. The average molecular weight is 134 g/mol. The maximum absolute atomic E-state index is 5.06. The van der Waals surface area contributed by atoms with Crippen molar-refractivity contribution in [2.75, 3.05) is 0 Å². The summed E-state index contributed by atoms with van der Waals surface area (Å²) in [6, 6.07) is 8.10. The van der Waals surface area contributed by atoms with Crippen LogP contribution in [-0.2, 0) is 11.3 Å². The second-order valence-corrected chi connectivity index (χ2v) is 2.23. The Hall–Kier alpha value is -1.31. The molecule has 0 unspecified atom stereocenters. The molecule has 1 aromatic carbocycles. The van der Waals surface area contributed by atoms with Crippen LogP contribution in [0.1, 0.15) is 5.56 Å². The molecule has 1 aromatic rings. The van der Waals surface area contributed by atoms with Crippen LogP contribution in [0.15, 0.2) is 24.3 Å². The van der Waals surface area contributed by atoms with Crippen LogP contribution in [-0.4, -0.2) is 6.40 Å². The third kappa shape index (κ3) is 0.778. The number of benzene rings is 1. The maximum atomic E-state index is 5.06. The van der Waals surface area contributed by atoms with Gasteiger partial charge in [0.15, 0.2) is 0 Å². The lowest BCUT2D eigenvalue weighted by molar-refractivity contribution is -0.367. The molecule has 1 aliphatic rings. The minimum absolute atomic E-state index is 0.684. The van der Waals surface area contributed by atoms with E-state index >= 15 is 0 Å². The lowest BCUT2D eigenvalue weighted by Gasteiger charge is -2.03. The first-order valence-electron chi connectivity index (χ1n) is 3.24. The molecule has 0 fully saturated rings. The van der Waals surface area contributed by atoms with E-state index in [1.807, 2.05) is 18.2 Å². The first-order chi connectivity index (χ1) is 4.97. The summed E-state index contributed by atoms with van der Waals surface area (Å²) in [5.74, 6) is 0. The fourth-order valence-corrected chi connectivity index (χ4v) is 1.02. The summed E-state index contributed by atoms with van der Waals surface area (Å²) < 4.78 is 5.06. The Morgan fingerprint density at radius 3 is 3.10 bits per heavy atom. The molecule has 10 heavy (non-hydrogen) atoms. The summed E-state index contributed by atoms with van der Waals surface area (Å²) in [5.41, 5.74) is 2.36. The predicted octanol–water partition coefficient (Wildman–Crippen LogP) is -0.0428. The monoisotopic (exact) mass is 134 g/mol. The van der Waals surface area contributed by atoms with Gasteiger partial charge in [-0.1, -0.05) is 12.1 Å². The summed E-state index contributed by atoms with van der Waals surface area (Å²) >= 11 is 0. The summed E-state index contributed by atoms with van der Waals surface area (Å²) in [6.07, 6.45) is 1.61. The highest BCUT2D eigenvalue weighted by Gasteiger charge is 2.08. The molecule has 2 heteroatoms. The van der Waals surface area contributed by atoms with Crippen molar-refractivity contribution >= 4 is 12.1 Å².